The number of hydrogen-bond donors (Lipinski definition) is 2. The second-order valence-electron chi connectivity index (χ2n) is 2.07. The number of nitrogens with two attached hydrogens (primary N) is 1. The largest absolute Gasteiger partial charge is 0.464 e. The van der Waals surface area contributed by atoms with E-state index in [0.29, 0.717) is 5.82 Å². The van der Waals surface area contributed by atoms with Crippen LogP contribution in [0.3, 0.4) is 0 Å². The number of hydrogen-bond acceptors (Lipinski definition) is 4. The van der Waals surface area contributed by atoms with Gasteiger partial charge in [0.1, 0.15) is 5.82 Å². The summed E-state index contributed by atoms with van der Waals surface area (Å²) in [6.07, 6.45) is 0. The number of nitrogens with one attached hydrogen (secondary N) is 1. The number of rotatable bonds is 1. The number of imidazole rings is 1. The number of aromatic nitrogens is 2. The summed E-state index contributed by atoms with van der Waals surface area (Å²) in [5.41, 5.74) is 5.59. The molecule has 0 unspecified atom stereocenters. The van der Waals surface area contributed by atoms with Crippen LogP contribution in [-0.2, 0) is 4.74 Å². The minimum atomic E-state index is -0.497. The van der Waals surface area contributed by atoms with Crippen molar-refractivity contribution in [2.45, 2.75) is 6.92 Å². The van der Waals surface area contributed by atoms with E-state index in [9.17, 15) is 4.79 Å². The molecule has 0 amide bonds. The number of aromatic amines is 1. The first-order valence-electron chi connectivity index (χ1n) is 3.05. The molecule has 0 aliphatic carbocycles. The zero-order valence-corrected chi connectivity index (χ0v) is 6.34. The van der Waals surface area contributed by atoms with Crippen LogP contribution in [0.4, 0.5) is 5.82 Å². The number of carbonyl (C=O) groups is 1. The van der Waals surface area contributed by atoms with E-state index in [1.54, 1.807) is 6.92 Å². The van der Waals surface area contributed by atoms with Crippen LogP contribution in [0.2, 0.25) is 0 Å². The van der Waals surface area contributed by atoms with Crippen LogP contribution < -0.4 is 5.73 Å². The molecule has 3 N–H and O–H groups in total. The second-order valence-corrected chi connectivity index (χ2v) is 2.07. The molecule has 0 aliphatic heterocycles. The SMILES string of the molecule is COC(=O)c1[nH]c(C)nc1N. The number of nitrogens with zero attached hydrogens (tertiary/aromatic N) is 1. The third-order valence-electron chi connectivity index (χ3n) is 1.24. The maximum Gasteiger partial charge on any atom is 0.358 e. The van der Waals surface area contributed by atoms with Crippen LogP contribution >= 0.6 is 0 Å². The first kappa shape index (κ1) is 7.59. The monoisotopic (exact) mass is 155 g/mol. The average molecular weight is 155 g/mol. The quantitative estimate of drug-likeness (QED) is 0.563. The van der Waals surface area contributed by atoms with Crippen molar-refractivity contribution in [3.8, 4) is 0 Å². The van der Waals surface area contributed by atoms with Gasteiger partial charge >= 0.3 is 5.97 Å². The summed E-state index contributed by atoms with van der Waals surface area (Å²) in [6, 6.07) is 0. The predicted octanol–water partition coefficient (Wildman–Crippen LogP) is 0.0869. The number of nitrogen functional groups attached to an aromatic ring is 1. The van der Waals surface area contributed by atoms with E-state index in [1.807, 2.05) is 0 Å². The summed E-state index contributed by atoms with van der Waals surface area (Å²) in [6.45, 7) is 1.71. The molecule has 0 atom stereocenters. The Hall–Kier alpha value is -1.52. The van der Waals surface area contributed by atoms with E-state index in [-0.39, 0.29) is 11.5 Å². The van der Waals surface area contributed by atoms with Gasteiger partial charge in [-0.3, -0.25) is 0 Å². The lowest BCUT2D eigenvalue weighted by atomic mass is 10.4. The van der Waals surface area contributed by atoms with Gasteiger partial charge in [-0.15, -0.1) is 0 Å². The van der Waals surface area contributed by atoms with Crippen molar-refractivity contribution in [1.82, 2.24) is 9.97 Å². The van der Waals surface area contributed by atoms with E-state index < -0.39 is 5.97 Å². The zero-order valence-electron chi connectivity index (χ0n) is 6.34. The number of anilines is 1. The van der Waals surface area contributed by atoms with Gasteiger partial charge in [0.05, 0.1) is 7.11 Å². The van der Waals surface area contributed by atoms with Gasteiger partial charge in [-0.1, -0.05) is 0 Å². The van der Waals surface area contributed by atoms with E-state index in [4.69, 9.17) is 5.73 Å². The molecule has 0 aromatic carbocycles. The van der Waals surface area contributed by atoms with E-state index in [0.717, 1.165) is 0 Å². The van der Waals surface area contributed by atoms with Gasteiger partial charge in [-0.05, 0) is 6.92 Å². The highest BCUT2D eigenvalue weighted by atomic mass is 16.5. The molecular weight excluding hydrogens is 146 g/mol. The molecule has 0 spiro atoms. The molecule has 0 saturated heterocycles. The minimum Gasteiger partial charge on any atom is -0.464 e. The predicted molar refractivity (Wildman–Crippen MR) is 39.1 cm³/mol. The van der Waals surface area contributed by atoms with Gasteiger partial charge in [-0.25, -0.2) is 9.78 Å². The van der Waals surface area contributed by atoms with Crippen LogP contribution in [0.25, 0.3) is 0 Å². The summed E-state index contributed by atoms with van der Waals surface area (Å²) in [7, 11) is 1.29. The topological polar surface area (TPSA) is 81.0 Å². The fraction of sp³-hybridized carbons (Fsp3) is 0.333. The molecule has 11 heavy (non-hydrogen) atoms. The number of H-pyrrole nitrogens is 1. The van der Waals surface area contributed by atoms with Crippen molar-refractivity contribution in [2.75, 3.05) is 12.8 Å². The zero-order chi connectivity index (χ0) is 8.43. The lowest BCUT2D eigenvalue weighted by molar-refractivity contribution is 0.0596. The molecule has 1 aromatic rings. The van der Waals surface area contributed by atoms with Crippen LogP contribution in [0.5, 0.6) is 0 Å². The van der Waals surface area contributed by atoms with Crippen molar-refractivity contribution in [3.05, 3.63) is 11.5 Å². The molecule has 0 radical (unpaired) electrons. The number of carbonyl (C=O) groups excluding carboxylic acids is 1. The Morgan fingerprint density at radius 1 is 1.73 bits per heavy atom. The number of esters is 1. The van der Waals surface area contributed by atoms with E-state index >= 15 is 0 Å². The summed E-state index contributed by atoms with van der Waals surface area (Å²) < 4.78 is 4.44. The first-order valence-corrected chi connectivity index (χ1v) is 3.05. The van der Waals surface area contributed by atoms with Crippen molar-refractivity contribution in [2.24, 2.45) is 0 Å². The molecule has 0 fully saturated rings. The molecule has 5 heteroatoms. The van der Waals surface area contributed by atoms with Gasteiger partial charge in [0, 0.05) is 0 Å². The van der Waals surface area contributed by atoms with Crippen LogP contribution in [-0.4, -0.2) is 23.0 Å². The molecule has 1 rings (SSSR count). The first-order chi connectivity index (χ1) is 5.15. The fourth-order valence-electron chi connectivity index (χ4n) is 0.767. The number of aryl methyl sites for hydroxylation is 1. The molecule has 0 aliphatic rings. The fourth-order valence-corrected chi connectivity index (χ4v) is 0.767. The lowest BCUT2D eigenvalue weighted by Crippen LogP contribution is -2.04. The van der Waals surface area contributed by atoms with Gasteiger partial charge in [0.15, 0.2) is 11.5 Å². The standard InChI is InChI=1S/C6H9N3O2/c1-3-8-4(5(7)9-3)6(10)11-2/h7H2,1-2H3,(H,8,9). The van der Waals surface area contributed by atoms with Crippen molar-refractivity contribution < 1.29 is 9.53 Å². The average Bonchev–Trinajstić information content (AvgIpc) is 2.28. The molecule has 0 saturated carbocycles. The third-order valence-corrected chi connectivity index (χ3v) is 1.24. The van der Waals surface area contributed by atoms with Gasteiger partial charge in [0.2, 0.25) is 0 Å². The molecule has 1 heterocycles. The Kier molecular flexibility index (Phi) is 1.80. The highest BCUT2D eigenvalue weighted by Gasteiger charge is 2.12. The van der Waals surface area contributed by atoms with E-state index in [1.165, 1.54) is 7.11 Å². The number of ether oxygens (including phenoxy) is 1. The third kappa shape index (κ3) is 1.31. The van der Waals surface area contributed by atoms with Crippen LogP contribution in [0.1, 0.15) is 16.3 Å². The lowest BCUT2D eigenvalue weighted by Gasteiger charge is -1.93. The van der Waals surface area contributed by atoms with Crippen molar-refractivity contribution in [3.63, 3.8) is 0 Å². The van der Waals surface area contributed by atoms with Gasteiger partial charge in [-0.2, -0.15) is 0 Å². The molecule has 0 bridgehead atoms. The van der Waals surface area contributed by atoms with Crippen LogP contribution in [0.15, 0.2) is 0 Å². The molecule has 1 aromatic heterocycles. The summed E-state index contributed by atoms with van der Waals surface area (Å²) in [5, 5.41) is 0. The summed E-state index contributed by atoms with van der Waals surface area (Å²) in [4.78, 5) is 17.4. The smallest absolute Gasteiger partial charge is 0.358 e. The maximum atomic E-state index is 10.9. The van der Waals surface area contributed by atoms with Gasteiger partial charge < -0.3 is 15.5 Å². The normalized spacial score (nSPS) is 9.64. The Bertz CT molecular complexity index is 279. The van der Waals surface area contributed by atoms with Crippen LogP contribution in [0, 0.1) is 6.92 Å². The van der Waals surface area contributed by atoms with E-state index in [2.05, 4.69) is 14.7 Å². The summed E-state index contributed by atoms with van der Waals surface area (Å²) >= 11 is 0. The number of methoxy groups -OCH3 is 1. The molecule has 5 nitrogen and oxygen atoms in total. The van der Waals surface area contributed by atoms with Crippen molar-refractivity contribution in [1.29, 1.82) is 0 Å². The highest BCUT2D eigenvalue weighted by Crippen LogP contribution is 2.07. The minimum absolute atomic E-state index is 0.175. The summed E-state index contributed by atoms with van der Waals surface area (Å²) in [5.74, 6) is 0.278. The maximum absolute atomic E-state index is 10.9. The van der Waals surface area contributed by atoms with Gasteiger partial charge in [0.25, 0.3) is 0 Å². The molecule has 60 valence electrons. The highest BCUT2D eigenvalue weighted by molar-refractivity contribution is 5.91. The van der Waals surface area contributed by atoms with Crippen molar-refractivity contribution >= 4 is 11.8 Å². The second kappa shape index (κ2) is 2.61. The Morgan fingerprint density at radius 2 is 2.36 bits per heavy atom. The Morgan fingerprint density at radius 3 is 2.73 bits per heavy atom. The molecular formula is C6H9N3O2. The Labute approximate surface area is 63.6 Å². The Balaban J connectivity index is 3.03.